The van der Waals surface area contributed by atoms with Crippen molar-refractivity contribution in [1.29, 1.82) is 0 Å². The van der Waals surface area contributed by atoms with Crippen molar-refractivity contribution in [2.24, 2.45) is 0 Å². The van der Waals surface area contributed by atoms with Crippen LogP contribution in [0.5, 0.6) is 0 Å². The third kappa shape index (κ3) is 37.8. The van der Waals surface area contributed by atoms with Gasteiger partial charge in [0.05, 0.1) is 32.0 Å². The molecule has 0 aromatic heterocycles. The van der Waals surface area contributed by atoms with Crippen LogP contribution in [0.1, 0.15) is 316 Å². The van der Waals surface area contributed by atoms with Crippen LogP contribution in [0.2, 0.25) is 0 Å². The fourth-order valence-corrected chi connectivity index (χ4v) is 11.7. The third-order valence-corrected chi connectivity index (χ3v) is 17.2. The lowest BCUT2D eigenvalue weighted by molar-refractivity contribution is -0.359. The molecule has 2 heterocycles. The quantitative estimate of drug-likeness (QED) is 0.0204. The zero-order valence-corrected chi connectivity index (χ0v) is 52.1. The van der Waals surface area contributed by atoms with Crippen LogP contribution in [0, 0.1) is 0 Å². The summed E-state index contributed by atoms with van der Waals surface area (Å²) >= 11 is 0. The topological polar surface area (TPSA) is 228 Å². The Morgan fingerprint density at radius 1 is 0.432 bits per heavy atom. The Bertz CT molecular complexity index is 1410. The molecule has 0 bridgehead atoms. The zero-order chi connectivity index (χ0) is 58.8. The molecule has 0 aliphatic carbocycles. The molecule has 81 heavy (non-hydrogen) atoms. The number of hydrogen-bond acceptors (Lipinski definition) is 13. The number of unbranched alkanes of at least 4 members (excludes halogenated alkanes) is 42. The first-order valence-corrected chi connectivity index (χ1v) is 34.4. The maximum absolute atomic E-state index is 13.3. The molecule has 1 amide bonds. The van der Waals surface area contributed by atoms with E-state index in [1.807, 2.05) is 0 Å². The van der Waals surface area contributed by atoms with Gasteiger partial charge in [0.1, 0.15) is 48.8 Å². The van der Waals surface area contributed by atoms with Gasteiger partial charge in [-0.15, -0.1) is 0 Å². The second kappa shape index (κ2) is 53.0. The van der Waals surface area contributed by atoms with Gasteiger partial charge in [0.25, 0.3) is 0 Å². The molecule has 2 aliphatic heterocycles. The molecule has 0 aromatic rings. The zero-order valence-electron chi connectivity index (χ0n) is 52.1. The van der Waals surface area contributed by atoms with Crippen molar-refractivity contribution in [2.45, 2.75) is 389 Å². The molecule has 12 atom stereocenters. The average molecular weight is 1160 g/mol. The van der Waals surface area contributed by atoms with E-state index in [4.69, 9.17) is 18.9 Å². The minimum Gasteiger partial charge on any atom is -0.394 e. The maximum Gasteiger partial charge on any atom is 0.220 e. The van der Waals surface area contributed by atoms with E-state index in [-0.39, 0.29) is 12.5 Å². The standard InChI is InChI=1S/C67H129NO13/c1-3-5-7-9-11-13-15-17-19-20-21-22-23-24-25-26-27-28-29-30-31-32-33-34-35-36-37-39-41-43-45-47-49-51-59(72)68-55(56(71)50-48-46-44-42-40-38-18-16-14-12-10-8-6-4-2)54-78-66-64(77)62(75)65(58(53-70)80-66)81-67-63(76)61(74)60(73)57(52-69)79-67/h20-21,55-58,60-67,69-71,73-77H,3-19,22-54H2,1-2H3,(H,68,72)/b21-20-. The number of aliphatic hydroxyl groups is 8. The highest BCUT2D eigenvalue weighted by atomic mass is 16.7. The summed E-state index contributed by atoms with van der Waals surface area (Å²) in [4.78, 5) is 13.3. The Kier molecular flexibility index (Phi) is 49.6. The first kappa shape index (κ1) is 75.8. The molecule has 14 heteroatoms. The Hall–Kier alpha value is -1.27. The van der Waals surface area contributed by atoms with Gasteiger partial charge in [-0.2, -0.15) is 0 Å². The SMILES string of the molecule is CCCCCCCCCC/C=C\CCCCCCCCCCCCCCCCCCCCCCCC(=O)NC(COC1OC(CO)C(OC2OC(CO)C(O)C(O)C2O)C(O)C1O)C(O)CCCCCCCCCCCCCCCC. The lowest BCUT2D eigenvalue weighted by Crippen LogP contribution is -2.65. The van der Waals surface area contributed by atoms with Crippen LogP contribution >= 0.6 is 0 Å². The highest BCUT2D eigenvalue weighted by Crippen LogP contribution is 2.30. The van der Waals surface area contributed by atoms with E-state index in [1.54, 1.807) is 0 Å². The van der Waals surface area contributed by atoms with Gasteiger partial charge >= 0.3 is 0 Å². The van der Waals surface area contributed by atoms with E-state index < -0.39 is 86.8 Å². The number of allylic oxidation sites excluding steroid dienone is 2. The number of rotatable bonds is 57. The van der Waals surface area contributed by atoms with Gasteiger partial charge in [-0.3, -0.25) is 4.79 Å². The molecule has 14 nitrogen and oxygen atoms in total. The van der Waals surface area contributed by atoms with Gasteiger partial charge in [0.15, 0.2) is 12.6 Å². The van der Waals surface area contributed by atoms with Crippen molar-refractivity contribution >= 4 is 5.91 Å². The van der Waals surface area contributed by atoms with E-state index in [1.165, 1.54) is 238 Å². The van der Waals surface area contributed by atoms with Crippen molar-refractivity contribution < 1.29 is 64.6 Å². The van der Waals surface area contributed by atoms with Gasteiger partial charge in [-0.1, -0.05) is 283 Å². The van der Waals surface area contributed by atoms with Gasteiger partial charge in [0, 0.05) is 6.42 Å². The Balaban J connectivity index is 1.60. The van der Waals surface area contributed by atoms with Crippen LogP contribution in [0.25, 0.3) is 0 Å². The van der Waals surface area contributed by atoms with Crippen LogP contribution in [0.15, 0.2) is 12.2 Å². The molecular weight excluding hydrogens is 1030 g/mol. The predicted molar refractivity (Wildman–Crippen MR) is 328 cm³/mol. The summed E-state index contributed by atoms with van der Waals surface area (Å²) in [7, 11) is 0. The largest absolute Gasteiger partial charge is 0.394 e. The highest BCUT2D eigenvalue weighted by Gasteiger charge is 2.51. The van der Waals surface area contributed by atoms with Gasteiger partial charge < -0.3 is 65.1 Å². The van der Waals surface area contributed by atoms with E-state index >= 15 is 0 Å². The number of amides is 1. The monoisotopic (exact) mass is 1160 g/mol. The second-order valence-electron chi connectivity index (χ2n) is 24.7. The van der Waals surface area contributed by atoms with Gasteiger partial charge in [-0.05, 0) is 38.5 Å². The number of nitrogens with one attached hydrogen (secondary N) is 1. The minimum atomic E-state index is -1.78. The molecule has 0 saturated carbocycles. The molecular formula is C67H129NO13. The fraction of sp³-hybridized carbons (Fsp3) is 0.955. The Morgan fingerprint density at radius 2 is 0.778 bits per heavy atom. The van der Waals surface area contributed by atoms with Crippen LogP contribution in [0.3, 0.4) is 0 Å². The van der Waals surface area contributed by atoms with Crippen LogP contribution in [-0.4, -0.2) is 140 Å². The summed E-state index contributed by atoms with van der Waals surface area (Å²) in [6.07, 6.45) is 46.7. The summed E-state index contributed by atoms with van der Waals surface area (Å²) in [5, 5.41) is 87.4. The van der Waals surface area contributed by atoms with Crippen LogP contribution in [-0.2, 0) is 23.7 Å². The van der Waals surface area contributed by atoms with Gasteiger partial charge in [-0.25, -0.2) is 0 Å². The summed E-state index contributed by atoms with van der Waals surface area (Å²) in [6.45, 7) is 2.90. The van der Waals surface area contributed by atoms with E-state index in [9.17, 15) is 45.6 Å². The predicted octanol–water partition coefficient (Wildman–Crippen LogP) is 13.4. The second-order valence-corrected chi connectivity index (χ2v) is 24.7. The van der Waals surface area contributed by atoms with E-state index in [2.05, 4.69) is 31.3 Å². The van der Waals surface area contributed by atoms with Crippen LogP contribution < -0.4 is 5.32 Å². The average Bonchev–Trinajstić information content (AvgIpc) is 3.47. The highest BCUT2D eigenvalue weighted by molar-refractivity contribution is 5.76. The number of carbonyl (C=O) groups excluding carboxylic acids is 1. The Labute approximate surface area is 495 Å². The summed E-state index contributed by atoms with van der Waals surface area (Å²) in [6, 6.07) is -0.824. The molecule has 0 radical (unpaired) electrons. The molecule has 2 aliphatic rings. The number of ether oxygens (including phenoxy) is 4. The number of hydrogen-bond donors (Lipinski definition) is 9. The molecule has 9 N–H and O–H groups in total. The molecule has 2 rings (SSSR count). The normalized spacial score (nSPS) is 24.1. The first-order chi connectivity index (χ1) is 39.6. The molecule has 2 fully saturated rings. The smallest absolute Gasteiger partial charge is 0.220 e. The van der Waals surface area contributed by atoms with Crippen molar-refractivity contribution in [3.63, 3.8) is 0 Å². The lowest BCUT2D eigenvalue weighted by atomic mass is 9.97. The Morgan fingerprint density at radius 3 is 1.17 bits per heavy atom. The molecule has 480 valence electrons. The third-order valence-electron chi connectivity index (χ3n) is 17.2. The van der Waals surface area contributed by atoms with E-state index in [0.29, 0.717) is 12.8 Å². The molecule has 0 spiro atoms. The number of aliphatic hydroxyl groups excluding tert-OH is 8. The summed E-state index contributed by atoms with van der Waals surface area (Å²) in [5.41, 5.74) is 0. The number of carbonyl (C=O) groups is 1. The molecule has 12 unspecified atom stereocenters. The maximum atomic E-state index is 13.3. The molecule has 2 saturated heterocycles. The van der Waals surface area contributed by atoms with Crippen molar-refractivity contribution in [3.8, 4) is 0 Å². The van der Waals surface area contributed by atoms with Crippen molar-refractivity contribution in [3.05, 3.63) is 12.2 Å². The molecule has 0 aromatic carbocycles. The minimum absolute atomic E-state index is 0.200. The summed E-state index contributed by atoms with van der Waals surface area (Å²) in [5.74, 6) is -0.200. The first-order valence-electron chi connectivity index (χ1n) is 34.4. The van der Waals surface area contributed by atoms with E-state index in [0.717, 1.165) is 51.4 Å². The van der Waals surface area contributed by atoms with Gasteiger partial charge in [0.2, 0.25) is 5.91 Å². The van der Waals surface area contributed by atoms with Crippen molar-refractivity contribution in [2.75, 3.05) is 19.8 Å². The van der Waals surface area contributed by atoms with Crippen molar-refractivity contribution in [1.82, 2.24) is 5.32 Å². The fourth-order valence-electron chi connectivity index (χ4n) is 11.7. The summed E-state index contributed by atoms with van der Waals surface area (Å²) < 4.78 is 22.9. The van der Waals surface area contributed by atoms with Crippen LogP contribution in [0.4, 0.5) is 0 Å². The lowest BCUT2D eigenvalue weighted by Gasteiger charge is -2.46.